The van der Waals surface area contributed by atoms with Crippen molar-refractivity contribution in [2.45, 2.75) is 19.6 Å². The van der Waals surface area contributed by atoms with Crippen LogP contribution in [0.4, 0.5) is 0 Å². The van der Waals surface area contributed by atoms with Crippen LogP contribution >= 0.6 is 0 Å². The van der Waals surface area contributed by atoms with Gasteiger partial charge < -0.3 is 4.74 Å². The fourth-order valence-corrected chi connectivity index (χ4v) is 3.08. The van der Waals surface area contributed by atoms with Gasteiger partial charge in [0.25, 0.3) is 0 Å². The van der Waals surface area contributed by atoms with Crippen LogP contribution in [0.1, 0.15) is 11.1 Å². The van der Waals surface area contributed by atoms with Crippen LogP contribution in [-0.4, -0.2) is 8.07 Å². The Morgan fingerprint density at radius 3 is 1.76 bits per heavy atom. The number of benzene rings is 2. The Morgan fingerprint density at radius 1 is 0.857 bits per heavy atom. The molecular weight excluding hydrogens is 272 g/mol. The SMILES string of the molecule is C=COc1ccc(C#Cc2ccc([Si](C)(C)C)cc2)cc1. The fourth-order valence-electron chi connectivity index (χ4n) is 1.91. The Labute approximate surface area is 128 Å². The van der Waals surface area contributed by atoms with Crippen LogP contribution in [0.3, 0.4) is 0 Å². The van der Waals surface area contributed by atoms with E-state index in [4.69, 9.17) is 4.74 Å². The van der Waals surface area contributed by atoms with Crippen molar-refractivity contribution in [3.63, 3.8) is 0 Å². The van der Waals surface area contributed by atoms with Gasteiger partial charge in [0.05, 0.1) is 14.3 Å². The lowest BCUT2D eigenvalue weighted by molar-refractivity contribution is 0.483. The summed E-state index contributed by atoms with van der Waals surface area (Å²) in [6.07, 6.45) is 1.42. The highest BCUT2D eigenvalue weighted by atomic mass is 28.3. The second-order valence-corrected chi connectivity index (χ2v) is 11.0. The minimum Gasteiger partial charge on any atom is -0.466 e. The third kappa shape index (κ3) is 4.37. The van der Waals surface area contributed by atoms with Gasteiger partial charge in [0.2, 0.25) is 0 Å². The first-order chi connectivity index (χ1) is 9.99. The molecule has 0 fully saturated rings. The number of hydrogen-bond acceptors (Lipinski definition) is 1. The summed E-state index contributed by atoms with van der Waals surface area (Å²) in [6, 6.07) is 16.3. The van der Waals surface area contributed by atoms with Gasteiger partial charge in [-0.1, -0.05) is 55.4 Å². The highest BCUT2D eigenvalue weighted by Crippen LogP contribution is 2.11. The van der Waals surface area contributed by atoms with Gasteiger partial charge in [-0.05, 0) is 36.4 Å². The first-order valence-corrected chi connectivity index (χ1v) is 10.5. The molecule has 0 unspecified atom stereocenters. The van der Waals surface area contributed by atoms with Crippen molar-refractivity contribution in [2.75, 3.05) is 0 Å². The first-order valence-electron chi connectivity index (χ1n) is 6.99. The molecule has 0 N–H and O–H groups in total. The van der Waals surface area contributed by atoms with E-state index in [0.717, 1.165) is 16.9 Å². The van der Waals surface area contributed by atoms with Gasteiger partial charge in [-0.3, -0.25) is 0 Å². The summed E-state index contributed by atoms with van der Waals surface area (Å²) in [5.74, 6) is 7.14. The van der Waals surface area contributed by atoms with E-state index in [1.54, 1.807) is 0 Å². The van der Waals surface area contributed by atoms with Crippen LogP contribution in [0.5, 0.6) is 5.75 Å². The summed E-state index contributed by atoms with van der Waals surface area (Å²) in [5.41, 5.74) is 2.02. The highest BCUT2D eigenvalue weighted by molar-refractivity contribution is 6.88. The molecule has 0 spiro atoms. The van der Waals surface area contributed by atoms with Crippen molar-refractivity contribution in [3.8, 4) is 17.6 Å². The number of ether oxygens (including phenoxy) is 1. The van der Waals surface area contributed by atoms with Crippen molar-refractivity contribution in [2.24, 2.45) is 0 Å². The van der Waals surface area contributed by atoms with Crippen molar-refractivity contribution in [1.82, 2.24) is 0 Å². The molecule has 0 radical (unpaired) electrons. The Balaban J connectivity index is 2.13. The second-order valence-electron chi connectivity index (χ2n) is 5.89. The van der Waals surface area contributed by atoms with E-state index in [1.165, 1.54) is 11.4 Å². The van der Waals surface area contributed by atoms with Gasteiger partial charge in [0, 0.05) is 11.1 Å². The van der Waals surface area contributed by atoms with Gasteiger partial charge in [0.1, 0.15) is 5.75 Å². The van der Waals surface area contributed by atoms with Crippen LogP contribution in [-0.2, 0) is 0 Å². The molecule has 0 aliphatic carbocycles. The van der Waals surface area contributed by atoms with Crippen molar-refractivity contribution in [1.29, 1.82) is 0 Å². The Hall–Kier alpha value is -2.24. The van der Waals surface area contributed by atoms with E-state index in [2.05, 4.69) is 62.3 Å². The summed E-state index contributed by atoms with van der Waals surface area (Å²) >= 11 is 0. The lowest BCUT2D eigenvalue weighted by atomic mass is 10.2. The molecule has 0 aromatic heterocycles. The van der Waals surface area contributed by atoms with Crippen molar-refractivity contribution >= 4 is 13.3 Å². The molecule has 0 heterocycles. The topological polar surface area (TPSA) is 9.23 Å². The lowest BCUT2D eigenvalue weighted by Crippen LogP contribution is -2.37. The standard InChI is InChI=1S/C19H20OSi/c1-5-20-18-12-8-16(9-13-18)6-7-17-10-14-19(15-11-17)21(2,3)4/h5,8-15H,1H2,2-4H3. The molecule has 21 heavy (non-hydrogen) atoms. The van der Waals surface area contributed by atoms with Crippen LogP contribution in [0, 0.1) is 11.8 Å². The third-order valence-corrected chi connectivity index (χ3v) is 5.24. The molecule has 0 saturated heterocycles. The van der Waals surface area contributed by atoms with Gasteiger partial charge in [-0.15, -0.1) is 0 Å². The molecule has 2 aromatic carbocycles. The summed E-state index contributed by atoms with van der Waals surface area (Å²) in [7, 11) is -1.23. The minimum atomic E-state index is -1.23. The zero-order valence-corrected chi connectivity index (χ0v) is 13.8. The summed E-state index contributed by atoms with van der Waals surface area (Å²) in [4.78, 5) is 0. The third-order valence-electron chi connectivity index (χ3n) is 3.18. The monoisotopic (exact) mass is 292 g/mol. The van der Waals surface area contributed by atoms with E-state index in [0.29, 0.717) is 0 Å². The predicted molar refractivity (Wildman–Crippen MR) is 92.7 cm³/mol. The smallest absolute Gasteiger partial charge is 0.126 e. The Morgan fingerprint density at radius 2 is 1.33 bits per heavy atom. The largest absolute Gasteiger partial charge is 0.466 e. The van der Waals surface area contributed by atoms with E-state index in [9.17, 15) is 0 Å². The molecule has 2 rings (SSSR count). The molecule has 0 aliphatic rings. The van der Waals surface area contributed by atoms with Crippen LogP contribution in [0.25, 0.3) is 0 Å². The molecule has 2 aromatic rings. The molecule has 0 aliphatic heterocycles. The van der Waals surface area contributed by atoms with Gasteiger partial charge in [0.15, 0.2) is 0 Å². The van der Waals surface area contributed by atoms with E-state index >= 15 is 0 Å². The van der Waals surface area contributed by atoms with Crippen LogP contribution < -0.4 is 9.92 Å². The first kappa shape index (κ1) is 15.2. The molecule has 2 heteroatoms. The Kier molecular flexibility index (Phi) is 4.67. The molecule has 0 atom stereocenters. The predicted octanol–water partition coefficient (Wildman–Crippen LogP) is 4.15. The normalized spacial score (nSPS) is 10.4. The fraction of sp³-hybridized carbons (Fsp3) is 0.158. The minimum absolute atomic E-state index is 0.773. The van der Waals surface area contributed by atoms with Crippen LogP contribution in [0.15, 0.2) is 61.4 Å². The highest BCUT2D eigenvalue weighted by Gasteiger charge is 2.15. The number of rotatable bonds is 3. The lowest BCUT2D eigenvalue weighted by Gasteiger charge is -2.15. The van der Waals surface area contributed by atoms with Gasteiger partial charge in [-0.2, -0.15) is 0 Å². The quantitative estimate of drug-likeness (QED) is 0.469. The maximum Gasteiger partial charge on any atom is 0.126 e. The summed E-state index contributed by atoms with van der Waals surface area (Å²) < 4.78 is 5.19. The molecule has 1 nitrogen and oxygen atoms in total. The summed E-state index contributed by atoms with van der Waals surface area (Å²) in [6.45, 7) is 10.6. The van der Waals surface area contributed by atoms with Crippen LogP contribution in [0.2, 0.25) is 19.6 Å². The maximum absolute atomic E-state index is 5.19. The van der Waals surface area contributed by atoms with E-state index in [1.807, 2.05) is 24.3 Å². The van der Waals surface area contributed by atoms with Crippen molar-refractivity contribution < 1.29 is 4.74 Å². The average Bonchev–Trinajstić information content (AvgIpc) is 2.46. The Bertz CT molecular complexity index is 665. The molecule has 0 bridgehead atoms. The van der Waals surface area contributed by atoms with Gasteiger partial charge >= 0.3 is 0 Å². The van der Waals surface area contributed by atoms with E-state index < -0.39 is 8.07 Å². The molecule has 0 saturated carbocycles. The molecular formula is C19H20OSi. The zero-order valence-electron chi connectivity index (χ0n) is 12.8. The maximum atomic E-state index is 5.19. The molecule has 106 valence electrons. The summed E-state index contributed by atoms with van der Waals surface area (Å²) in [5, 5.41) is 1.46. The second kappa shape index (κ2) is 6.47. The number of hydrogen-bond donors (Lipinski definition) is 0. The van der Waals surface area contributed by atoms with Crippen molar-refractivity contribution in [3.05, 3.63) is 72.5 Å². The average molecular weight is 292 g/mol. The van der Waals surface area contributed by atoms with E-state index in [-0.39, 0.29) is 0 Å². The zero-order chi connectivity index (χ0) is 15.3. The van der Waals surface area contributed by atoms with Gasteiger partial charge in [-0.25, -0.2) is 0 Å². The molecule has 0 amide bonds.